The summed E-state index contributed by atoms with van der Waals surface area (Å²) in [5.74, 6) is -0.609. The van der Waals surface area contributed by atoms with Gasteiger partial charge in [-0.25, -0.2) is 0 Å². The van der Waals surface area contributed by atoms with E-state index in [2.05, 4.69) is 21.0 Å². The first-order valence-corrected chi connectivity index (χ1v) is 13.5. The smallest absolute Gasteiger partial charge is 0.282 e. The second kappa shape index (κ2) is 12.9. The number of benzene rings is 3. The van der Waals surface area contributed by atoms with Crippen molar-refractivity contribution in [2.45, 2.75) is 16.2 Å². The maximum atomic E-state index is 13.0. The summed E-state index contributed by atoms with van der Waals surface area (Å²) in [6.07, 6.45) is -0.208. The van der Waals surface area contributed by atoms with E-state index in [1.165, 1.54) is 12.1 Å². The average molecular weight is 664 g/mol. The zero-order valence-electron chi connectivity index (χ0n) is 18.9. The van der Waals surface area contributed by atoms with E-state index >= 15 is 0 Å². The Labute approximate surface area is 306 Å². The Hall–Kier alpha value is 0.663. The molecule has 0 aliphatic carbocycles. The Morgan fingerprint density at radius 1 is 0.917 bits per heavy atom. The molecule has 0 atom stereocenters. The molecule has 1 amide bonds. The van der Waals surface area contributed by atoms with E-state index in [0.717, 1.165) is 11.1 Å². The Balaban J connectivity index is 0.00000228. The van der Waals surface area contributed by atoms with Crippen molar-refractivity contribution in [1.82, 2.24) is 0 Å². The third-order valence-corrected chi connectivity index (χ3v) is 7.52. The molecule has 1 heterocycles. The van der Waals surface area contributed by atoms with E-state index < -0.39 is 35.9 Å². The van der Waals surface area contributed by atoms with Crippen LogP contribution < -0.4 is 5.01 Å². The number of carbonyl (C=O) groups excluding carboxylic acids is 1. The van der Waals surface area contributed by atoms with Gasteiger partial charge >= 0.3 is 0 Å². The quantitative estimate of drug-likeness (QED) is 0.314. The summed E-state index contributed by atoms with van der Waals surface area (Å²) in [5, 5.41) is 5.44. The van der Waals surface area contributed by atoms with Crippen LogP contribution in [0.3, 0.4) is 0 Å². The summed E-state index contributed by atoms with van der Waals surface area (Å²) >= 11 is 9.49. The van der Waals surface area contributed by atoms with Crippen LogP contribution in [-0.2, 0) is 25.0 Å². The normalized spacial score (nSPS) is 13.6. The fourth-order valence-electron chi connectivity index (χ4n) is 3.46. The molecule has 0 aromatic heterocycles. The number of hydrazone groups is 1. The third kappa shape index (κ3) is 7.24. The van der Waals surface area contributed by atoms with Crippen molar-refractivity contribution in [3.8, 4) is 11.1 Å². The maximum absolute atomic E-state index is 13.0. The minimum atomic E-state index is -5.01. The van der Waals surface area contributed by atoms with Gasteiger partial charge in [0.25, 0.3) is 26.1 Å². The number of nitrogens with zero attached hydrogens (tertiary/aromatic N) is 2. The van der Waals surface area contributed by atoms with Crippen molar-refractivity contribution in [3.05, 3.63) is 75.7 Å². The molecule has 2 N–H and O–H groups in total. The topological polar surface area (TPSA) is 141 Å². The minimum Gasteiger partial charge on any atom is -0.282 e. The zero-order chi connectivity index (χ0) is 24.8. The average Bonchev–Trinajstić information content (AvgIpc) is 3.13. The molecule has 0 bridgehead atoms. The van der Waals surface area contributed by atoms with Gasteiger partial charge in [-0.05, 0) is 35.9 Å². The Morgan fingerprint density at radius 2 is 1.53 bits per heavy atom. The van der Waals surface area contributed by atoms with Gasteiger partial charge in [-0.3, -0.25) is 13.9 Å². The van der Waals surface area contributed by atoms with Crippen molar-refractivity contribution >= 4 is 168 Å². The summed E-state index contributed by atoms with van der Waals surface area (Å²) in [6, 6.07) is 14.4. The standard InChI is InChI=1S/C21H14BrClN2O7S2.2K/c22-13-7-5-12(6-8-13)21-18(9-14(33(27,28)29)10-19(21)34(30,31)32)25-20(26)11-17(24-25)15-3-1-2-4-16(15)23;;/h1-10H,11H2,(H,27,28,29)(H,30,31,32);;. The Bertz CT molecular complexity index is 1580. The monoisotopic (exact) mass is 662 g/mol. The number of halogens is 2. The largest absolute Gasteiger partial charge is 0.295 e. The van der Waals surface area contributed by atoms with E-state index in [0.29, 0.717) is 21.1 Å². The molecule has 0 fully saturated rings. The molecule has 3 aromatic rings. The van der Waals surface area contributed by atoms with Crippen LogP contribution >= 0.6 is 27.5 Å². The van der Waals surface area contributed by atoms with Crippen molar-refractivity contribution in [1.29, 1.82) is 0 Å². The van der Waals surface area contributed by atoms with Crippen LogP contribution in [0.15, 0.2) is 80.0 Å². The molecule has 1 aliphatic heterocycles. The first-order chi connectivity index (χ1) is 15.9. The molecule has 0 saturated carbocycles. The van der Waals surface area contributed by atoms with Crippen LogP contribution in [0.5, 0.6) is 0 Å². The van der Waals surface area contributed by atoms with Gasteiger partial charge in [0.05, 0.1) is 22.7 Å². The Morgan fingerprint density at radius 3 is 2.08 bits per heavy atom. The first-order valence-electron chi connectivity index (χ1n) is 9.40. The number of hydrogen-bond acceptors (Lipinski definition) is 6. The number of rotatable bonds is 5. The molecule has 178 valence electrons. The summed E-state index contributed by atoms with van der Waals surface area (Å²) in [5.41, 5.74) is 0.521. The van der Waals surface area contributed by atoms with Gasteiger partial charge < -0.3 is 0 Å². The third-order valence-electron chi connectivity index (χ3n) is 4.95. The van der Waals surface area contributed by atoms with E-state index in [-0.39, 0.29) is 132 Å². The molecular weight excluding hydrogens is 650 g/mol. The van der Waals surface area contributed by atoms with Gasteiger partial charge in [0.2, 0.25) is 0 Å². The van der Waals surface area contributed by atoms with Crippen LogP contribution in [-0.4, -0.2) is 140 Å². The molecule has 2 radical (unpaired) electrons. The molecule has 3 aromatic carbocycles. The number of anilines is 1. The van der Waals surface area contributed by atoms with Crippen LogP contribution in [0.2, 0.25) is 5.02 Å². The SMILES string of the molecule is O=C1CC(c2ccccc2Cl)=NN1c1cc(S(=O)(=O)O)cc(S(=O)(=O)O)c1-c1ccc(Br)cc1.[K].[K]. The first kappa shape index (κ1) is 32.9. The summed E-state index contributed by atoms with van der Waals surface area (Å²) < 4.78 is 68.5. The van der Waals surface area contributed by atoms with Crippen molar-refractivity contribution in [2.75, 3.05) is 5.01 Å². The van der Waals surface area contributed by atoms with Crippen LogP contribution in [0, 0.1) is 0 Å². The van der Waals surface area contributed by atoms with Gasteiger partial charge in [-0.15, -0.1) is 0 Å². The second-order valence-corrected chi connectivity index (χ2v) is 11.3. The summed E-state index contributed by atoms with van der Waals surface area (Å²) in [7, 11) is -9.94. The molecule has 0 saturated heterocycles. The molecule has 0 spiro atoms. The molecule has 0 unspecified atom stereocenters. The molecule has 9 nitrogen and oxygen atoms in total. The number of carbonyl (C=O) groups is 1. The van der Waals surface area contributed by atoms with Crippen molar-refractivity contribution in [3.63, 3.8) is 0 Å². The van der Waals surface area contributed by atoms with Gasteiger partial charge in [-0.2, -0.15) is 26.9 Å². The summed E-state index contributed by atoms with van der Waals surface area (Å²) in [6.45, 7) is 0. The van der Waals surface area contributed by atoms with Crippen molar-refractivity contribution < 1.29 is 30.7 Å². The molecule has 4 rings (SSSR count). The minimum absolute atomic E-state index is 0. The predicted molar refractivity (Wildman–Crippen MR) is 141 cm³/mol. The second-order valence-electron chi connectivity index (χ2n) is 7.18. The van der Waals surface area contributed by atoms with Crippen LogP contribution in [0.4, 0.5) is 5.69 Å². The molecule has 1 aliphatic rings. The van der Waals surface area contributed by atoms with Crippen LogP contribution in [0.25, 0.3) is 11.1 Å². The van der Waals surface area contributed by atoms with E-state index in [1.807, 2.05) is 0 Å². The summed E-state index contributed by atoms with van der Waals surface area (Å²) in [4.78, 5) is 11.3. The fraction of sp³-hybridized carbons (Fsp3) is 0.0476. The number of hydrogen-bond donors (Lipinski definition) is 2. The van der Waals surface area contributed by atoms with Gasteiger partial charge in [0.1, 0.15) is 4.90 Å². The number of amides is 1. The molecule has 15 heteroatoms. The van der Waals surface area contributed by atoms with Gasteiger partial charge in [0, 0.05) is 123 Å². The van der Waals surface area contributed by atoms with E-state index in [4.69, 9.17) is 11.6 Å². The molecule has 36 heavy (non-hydrogen) atoms. The van der Waals surface area contributed by atoms with Crippen LogP contribution in [0.1, 0.15) is 12.0 Å². The van der Waals surface area contributed by atoms with Crippen molar-refractivity contribution in [2.24, 2.45) is 5.10 Å². The zero-order valence-corrected chi connectivity index (χ0v) is 29.1. The molecular formula is C21H14BrClK2N2O7S2. The van der Waals surface area contributed by atoms with E-state index in [1.54, 1.807) is 36.4 Å². The van der Waals surface area contributed by atoms with Gasteiger partial charge in [-0.1, -0.05) is 57.9 Å². The maximum Gasteiger partial charge on any atom is 0.295 e. The Kier molecular flexibility index (Phi) is 11.8. The van der Waals surface area contributed by atoms with E-state index in [9.17, 15) is 30.7 Å². The predicted octanol–water partition coefficient (Wildman–Crippen LogP) is 3.64. The fourth-order valence-corrected chi connectivity index (χ4v) is 5.33. The van der Waals surface area contributed by atoms with Gasteiger partial charge in [0.15, 0.2) is 0 Å².